The van der Waals surface area contributed by atoms with Crippen molar-refractivity contribution in [2.45, 2.75) is 47.0 Å². The van der Waals surface area contributed by atoms with E-state index in [1.165, 1.54) is 0 Å². The van der Waals surface area contributed by atoms with Crippen LogP contribution in [0.4, 0.5) is 5.82 Å². The number of anilines is 1. The fraction of sp³-hybridized carbons (Fsp3) is 0.714. The lowest BCUT2D eigenvalue weighted by molar-refractivity contribution is 0.234. The normalized spacial score (nSPS) is 11.4. The van der Waals surface area contributed by atoms with Crippen LogP contribution >= 0.6 is 0 Å². The number of rotatable bonds is 6. The van der Waals surface area contributed by atoms with Crippen LogP contribution in [-0.4, -0.2) is 23.6 Å². The van der Waals surface area contributed by atoms with Crippen LogP contribution in [0.2, 0.25) is 0 Å². The molecule has 0 amide bonds. The van der Waals surface area contributed by atoms with Crippen LogP contribution in [0.1, 0.15) is 46.1 Å². The van der Waals surface area contributed by atoms with Crippen molar-refractivity contribution < 1.29 is 4.74 Å². The van der Waals surface area contributed by atoms with Gasteiger partial charge in [-0.3, -0.25) is 0 Å². The van der Waals surface area contributed by atoms with E-state index in [9.17, 15) is 0 Å². The smallest absolute Gasteiger partial charge is 0.221 e. The van der Waals surface area contributed by atoms with E-state index in [4.69, 9.17) is 4.74 Å². The Labute approximate surface area is 110 Å². The summed E-state index contributed by atoms with van der Waals surface area (Å²) in [5, 5.41) is 3.10. The van der Waals surface area contributed by atoms with E-state index in [0.29, 0.717) is 6.61 Å². The molecule has 0 aromatic carbocycles. The van der Waals surface area contributed by atoms with Gasteiger partial charge in [0.2, 0.25) is 5.88 Å². The zero-order valence-corrected chi connectivity index (χ0v) is 12.2. The van der Waals surface area contributed by atoms with E-state index < -0.39 is 0 Å². The first-order valence-corrected chi connectivity index (χ1v) is 6.62. The van der Waals surface area contributed by atoms with Crippen LogP contribution in [0.25, 0.3) is 0 Å². The monoisotopic (exact) mass is 251 g/mol. The van der Waals surface area contributed by atoms with Gasteiger partial charge in [-0.1, -0.05) is 34.1 Å². The van der Waals surface area contributed by atoms with Crippen LogP contribution in [0.15, 0.2) is 6.33 Å². The molecular formula is C14H25N3O. The SMILES string of the molecule is CCCc1c(NC)ncnc1OCCC(C)(C)C. The van der Waals surface area contributed by atoms with Crippen molar-refractivity contribution in [1.82, 2.24) is 9.97 Å². The molecule has 1 aromatic rings. The fourth-order valence-corrected chi connectivity index (χ4v) is 1.67. The summed E-state index contributed by atoms with van der Waals surface area (Å²) in [7, 11) is 1.88. The summed E-state index contributed by atoms with van der Waals surface area (Å²) >= 11 is 0. The molecule has 4 nitrogen and oxygen atoms in total. The van der Waals surface area contributed by atoms with Crippen molar-refractivity contribution in [2.24, 2.45) is 5.41 Å². The minimum absolute atomic E-state index is 0.282. The minimum Gasteiger partial charge on any atom is -0.477 e. The van der Waals surface area contributed by atoms with Crippen LogP contribution in [0, 0.1) is 5.41 Å². The highest BCUT2D eigenvalue weighted by Crippen LogP contribution is 2.25. The lowest BCUT2D eigenvalue weighted by Gasteiger charge is -2.19. The summed E-state index contributed by atoms with van der Waals surface area (Å²) in [6.45, 7) is 9.47. The summed E-state index contributed by atoms with van der Waals surface area (Å²) < 4.78 is 5.82. The second kappa shape index (κ2) is 6.57. The second-order valence-electron chi connectivity index (χ2n) is 5.67. The molecule has 1 aromatic heterocycles. The predicted molar refractivity (Wildman–Crippen MR) is 75.1 cm³/mol. The van der Waals surface area contributed by atoms with Gasteiger partial charge in [0.15, 0.2) is 0 Å². The van der Waals surface area contributed by atoms with E-state index in [-0.39, 0.29) is 5.41 Å². The summed E-state index contributed by atoms with van der Waals surface area (Å²) in [5.41, 5.74) is 1.36. The molecule has 0 saturated heterocycles. The number of aromatic nitrogens is 2. The van der Waals surface area contributed by atoms with E-state index in [1.54, 1.807) is 6.33 Å². The highest BCUT2D eigenvalue weighted by atomic mass is 16.5. The van der Waals surface area contributed by atoms with Gasteiger partial charge in [-0.15, -0.1) is 0 Å². The summed E-state index contributed by atoms with van der Waals surface area (Å²) in [6.07, 6.45) is 4.55. The highest BCUT2D eigenvalue weighted by molar-refractivity contribution is 5.48. The number of hydrogen-bond donors (Lipinski definition) is 1. The summed E-state index contributed by atoms with van der Waals surface area (Å²) in [5.74, 6) is 1.60. The summed E-state index contributed by atoms with van der Waals surface area (Å²) in [6, 6.07) is 0. The molecule has 0 saturated carbocycles. The second-order valence-corrected chi connectivity index (χ2v) is 5.67. The maximum Gasteiger partial charge on any atom is 0.221 e. The van der Waals surface area contributed by atoms with Gasteiger partial charge in [0, 0.05) is 7.05 Å². The topological polar surface area (TPSA) is 47.0 Å². The van der Waals surface area contributed by atoms with Crippen molar-refractivity contribution in [1.29, 1.82) is 0 Å². The van der Waals surface area contributed by atoms with Crippen LogP contribution < -0.4 is 10.1 Å². The fourth-order valence-electron chi connectivity index (χ4n) is 1.67. The molecule has 0 spiro atoms. The Morgan fingerprint density at radius 2 is 2.00 bits per heavy atom. The molecule has 1 rings (SSSR count). The average molecular weight is 251 g/mol. The van der Waals surface area contributed by atoms with Gasteiger partial charge in [-0.2, -0.15) is 0 Å². The van der Waals surface area contributed by atoms with Crippen molar-refractivity contribution >= 4 is 5.82 Å². The molecule has 4 heteroatoms. The summed E-state index contributed by atoms with van der Waals surface area (Å²) in [4.78, 5) is 8.48. The quantitative estimate of drug-likeness (QED) is 0.842. The van der Waals surface area contributed by atoms with E-state index >= 15 is 0 Å². The molecular weight excluding hydrogens is 226 g/mol. The van der Waals surface area contributed by atoms with Crippen molar-refractivity contribution in [3.05, 3.63) is 11.9 Å². The third kappa shape index (κ3) is 4.51. The van der Waals surface area contributed by atoms with Gasteiger partial charge < -0.3 is 10.1 Å². The molecule has 0 aliphatic rings. The molecule has 0 radical (unpaired) electrons. The Kier molecular flexibility index (Phi) is 5.38. The first kappa shape index (κ1) is 14.7. The maximum atomic E-state index is 5.82. The maximum absolute atomic E-state index is 5.82. The number of nitrogens with one attached hydrogen (secondary N) is 1. The standard InChI is InChI=1S/C14H25N3O/c1-6-7-11-12(15-5)16-10-17-13(11)18-9-8-14(2,3)4/h10H,6-9H2,1-5H3,(H,15,16,17). The van der Waals surface area contributed by atoms with Gasteiger partial charge in [0.1, 0.15) is 12.1 Å². The molecule has 0 unspecified atom stereocenters. The van der Waals surface area contributed by atoms with Gasteiger partial charge >= 0.3 is 0 Å². The van der Waals surface area contributed by atoms with Crippen molar-refractivity contribution in [3.8, 4) is 5.88 Å². The van der Waals surface area contributed by atoms with Crippen LogP contribution in [-0.2, 0) is 6.42 Å². The Morgan fingerprint density at radius 3 is 2.56 bits per heavy atom. The zero-order valence-electron chi connectivity index (χ0n) is 12.2. The van der Waals surface area contributed by atoms with Gasteiger partial charge in [-0.25, -0.2) is 9.97 Å². The third-order valence-corrected chi connectivity index (χ3v) is 2.73. The molecule has 1 heterocycles. The van der Waals surface area contributed by atoms with Crippen molar-refractivity contribution in [3.63, 3.8) is 0 Å². The highest BCUT2D eigenvalue weighted by Gasteiger charge is 2.13. The molecule has 1 N–H and O–H groups in total. The van der Waals surface area contributed by atoms with E-state index in [2.05, 4.69) is 43.0 Å². The van der Waals surface area contributed by atoms with Crippen molar-refractivity contribution in [2.75, 3.05) is 19.0 Å². The van der Waals surface area contributed by atoms with E-state index in [0.717, 1.165) is 36.5 Å². The number of nitrogens with zero attached hydrogens (tertiary/aromatic N) is 2. The van der Waals surface area contributed by atoms with Crippen LogP contribution in [0.5, 0.6) is 5.88 Å². The Hall–Kier alpha value is -1.32. The largest absolute Gasteiger partial charge is 0.477 e. The Bertz CT molecular complexity index is 372. The van der Waals surface area contributed by atoms with E-state index in [1.807, 2.05) is 7.05 Å². The Balaban J connectivity index is 2.75. The first-order valence-electron chi connectivity index (χ1n) is 6.62. The molecule has 102 valence electrons. The molecule has 0 fully saturated rings. The minimum atomic E-state index is 0.282. The van der Waals surface area contributed by atoms with Crippen LogP contribution in [0.3, 0.4) is 0 Å². The first-order chi connectivity index (χ1) is 8.48. The molecule has 0 aliphatic heterocycles. The number of hydrogen-bond acceptors (Lipinski definition) is 4. The lowest BCUT2D eigenvalue weighted by atomic mass is 9.93. The van der Waals surface area contributed by atoms with Gasteiger partial charge in [-0.05, 0) is 18.3 Å². The lowest BCUT2D eigenvalue weighted by Crippen LogP contribution is -2.13. The molecule has 18 heavy (non-hydrogen) atoms. The number of ether oxygens (including phenoxy) is 1. The predicted octanol–water partition coefficient (Wildman–Crippen LogP) is 3.29. The Morgan fingerprint density at radius 1 is 1.28 bits per heavy atom. The third-order valence-electron chi connectivity index (χ3n) is 2.73. The average Bonchev–Trinajstić information content (AvgIpc) is 2.29. The van der Waals surface area contributed by atoms with Gasteiger partial charge in [0.05, 0.1) is 12.2 Å². The van der Waals surface area contributed by atoms with Gasteiger partial charge in [0.25, 0.3) is 0 Å². The molecule has 0 aliphatic carbocycles. The molecule has 0 bridgehead atoms. The molecule has 0 atom stereocenters. The zero-order chi connectivity index (χ0) is 13.6.